The largest absolute Gasteiger partial charge is 0.504 e. The summed E-state index contributed by atoms with van der Waals surface area (Å²) in [5.74, 6) is 0.387. The third kappa shape index (κ3) is 2.90. The molecule has 1 rings (SSSR count). The highest BCUT2D eigenvalue weighted by Gasteiger charge is 2.21. The molecule has 0 saturated heterocycles. The molecule has 0 bridgehead atoms. The van der Waals surface area contributed by atoms with Crippen molar-refractivity contribution >= 4 is 0 Å². The standard InChI is InChI=1S/C13H21NO3/c1-13(2,3)8-5-9(10(14)7-15)12(16)11(6-8)17-4/h5-6,10,15-16H,7,14H2,1-4H3/t10-/m1/s1. The van der Waals surface area contributed by atoms with E-state index in [9.17, 15) is 5.11 Å². The summed E-state index contributed by atoms with van der Waals surface area (Å²) < 4.78 is 5.13. The lowest BCUT2D eigenvalue weighted by Crippen LogP contribution is -2.18. The average molecular weight is 239 g/mol. The second-order valence-electron chi connectivity index (χ2n) is 5.16. The van der Waals surface area contributed by atoms with E-state index in [1.807, 2.05) is 6.07 Å². The Labute approximate surface area is 102 Å². The zero-order valence-electron chi connectivity index (χ0n) is 10.8. The van der Waals surface area contributed by atoms with Gasteiger partial charge >= 0.3 is 0 Å². The van der Waals surface area contributed by atoms with Crippen molar-refractivity contribution < 1.29 is 14.9 Å². The maximum Gasteiger partial charge on any atom is 0.162 e. The van der Waals surface area contributed by atoms with Gasteiger partial charge in [0.2, 0.25) is 0 Å². The summed E-state index contributed by atoms with van der Waals surface area (Å²) in [7, 11) is 1.50. The summed E-state index contributed by atoms with van der Waals surface area (Å²) in [5, 5.41) is 19.1. The highest BCUT2D eigenvalue weighted by molar-refractivity contribution is 5.51. The molecule has 0 aliphatic carbocycles. The van der Waals surface area contributed by atoms with E-state index in [1.54, 1.807) is 6.07 Å². The zero-order valence-corrected chi connectivity index (χ0v) is 10.8. The van der Waals surface area contributed by atoms with Gasteiger partial charge in [0.15, 0.2) is 11.5 Å². The molecule has 0 radical (unpaired) electrons. The van der Waals surface area contributed by atoms with Crippen LogP contribution in [0.5, 0.6) is 11.5 Å². The molecule has 0 spiro atoms. The molecule has 0 saturated carbocycles. The molecule has 4 heteroatoms. The van der Waals surface area contributed by atoms with Gasteiger partial charge in [-0.25, -0.2) is 0 Å². The number of aliphatic hydroxyl groups excluding tert-OH is 1. The molecule has 0 aliphatic rings. The second kappa shape index (κ2) is 4.94. The third-order valence-corrected chi connectivity index (χ3v) is 2.79. The Morgan fingerprint density at radius 1 is 1.35 bits per heavy atom. The highest BCUT2D eigenvalue weighted by Crippen LogP contribution is 2.37. The lowest BCUT2D eigenvalue weighted by molar-refractivity contribution is 0.264. The Kier molecular flexibility index (Phi) is 4.01. The van der Waals surface area contributed by atoms with Crippen LogP contribution in [0, 0.1) is 0 Å². The molecule has 0 amide bonds. The molecule has 4 nitrogen and oxygen atoms in total. The number of nitrogens with two attached hydrogens (primary N) is 1. The molecular formula is C13H21NO3. The topological polar surface area (TPSA) is 75.7 Å². The predicted molar refractivity (Wildman–Crippen MR) is 67.4 cm³/mol. The number of phenols is 1. The van der Waals surface area contributed by atoms with Crippen LogP contribution in [0.25, 0.3) is 0 Å². The lowest BCUT2D eigenvalue weighted by atomic mass is 9.85. The zero-order chi connectivity index (χ0) is 13.2. The number of phenolic OH excluding ortho intramolecular Hbond substituents is 1. The number of aromatic hydroxyl groups is 1. The summed E-state index contributed by atoms with van der Waals surface area (Å²) >= 11 is 0. The summed E-state index contributed by atoms with van der Waals surface area (Å²) in [6.07, 6.45) is 0. The van der Waals surface area contributed by atoms with Crippen LogP contribution in [-0.2, 0) is 5.41 Å². The molecule has 17 heavy (non-hydrogen) atoms. The van der Waals surface area contributed by atoms with E-state index >= 15 is 0 Å². The van der Waals surface area contributed by atoms with Crippen molar-refractivity contribution in [1.29, 1.82) is 0 Å². The van der Waals surface area contributed by atoms with E-state index in [1.165, 1.54) is 7.11 Å². The lowest BCUT2D eigenvalue weighted by Gasteiger charge is -2.23. The van der Waals surface area contributed by atoms with Gasteiger partial charge < -0.3 is 20.7 Å². The van der Waals surface area contributed by atoms with Crippen LogP contribution < -0.4 is 10.5 Å². The van der Waals surface area contributed by atoms with E-state index < -0.39 is 6.04 Å². The van der Waals surface area contributed by atoms with Gasteiger partial charge in [-0.3, -0.25) is 0 Å². The Morgan fingerprint density at radius 2 is 1.94 bits per heavy atom. The Morgan fingerprint density at radius 3 is 2.35 bits per heavy atom. The number of methoxy groups -OCH3 is 1. The maximum absolute atomic E-state index is 9.96. The molecule has 0 unspecified atom stereocenters. The number of rotatable bonds is 3. The number of hydrogen-bond acceptors (Lipinski definition) is 4. The average Bonchev–Trinajstić information content (AvgIpc) is 2.26. The van der Waals surface area contributed by atoms with Gasteiger partial charge in [0.1, 0.15) is 0 Å². The minimum absolute atomic E-state index is 0.00190. The summed E-state index contributed by atoms with van der Waals surface area (Å²) in [6.45, 7) is 5.97. The number of ether oxygens (including phenoxy) is 1. The molecule has 0 aliphatic heterocycles. The first-order chi connectivity index (χ1) is 7.81. The molecule has 1 atom stereocenters. The minimum Gasteiger partial charge on any atom is -0.504 e. The molecule has 1 aromatic carbocycles. The minimum atomic E-state index is -0.605. The molecule has 0 aromatic heterocycles. The Bertz CT molecular complexity index is 396. The first-order valence-corrected chi connectivity index (χ1v) is 5.59. The van der Waals surface area contributed by atoms with Crippen molar-refractivity contribution in [2.45, 2.75) is 32.2 Å². The third-order valence-electron chi connectivity index (χ3n) is 2.79. The van der Waals surface area contributed by atoms with Crippen molar-refractivity contribution in [2.75, 3.05) is 13.7 Å². The molecule has 0 fully saturated rings. The van der Waals surface area contributed by atoms with Gasteiger partial charge in [0, 0.05) is 5.56 Å². The molecule has 96 valence electrons. The van der Waals surface area contributed by atoms with Gasteiger partial charge in [-0.2, -0.15) is 0 Å². The summed E-state index contributed by atoms with van der Waals surface area (Å²) in [5.41, 5.74) is 7.20. The number of hydrogen-bond donors (Lipinski definition) is 3. The Hall–Kier alpha value is -1.26. The summed E-state index contributed by atoms with van der Waals surface area (Å²) in [4.78, 5) is 0. The first kappa shape index (κ1) is 13.8. The van der Waals surface area contributed by atoms with Gasteiger partial charge in [0.05, 0.1) is 19.8 Å². The number of benzene rings is 1. The van der Waals surface area contributed by atoms with Crippen LogP contribution in [0.3, 0.4) is 0 Å². The predicted octanol–water partition coefficient (Wildman–Crippen LogP) is 1.69. The molecule has 1 aromatic rings. The normalized spacial score (nSPS) is 13.5. The van der Waals surface area contributed by atoms with Crippen molar-refractivity contribution in [2.24, 2.45) is 5.73 Å². The van der Waals surface area contributed by atoms with Crippen LogP contribution >= 0.6 is 0 Å². The fraction of sp³-hybridized carbons (Fsp3) is 0.538. The second-order valence-corrected chi connectivity index (χ2v) is 5.16. The van der Waals surface area contributed by atoms with Gasteiger partial charge in [-0.15, -0.1) is 0 Å². The van der Waals surface area contributed by atoms with Crippen LogP contribution in [0.2, 0.25) is 0 Å². The van der Waals surface area contributed by atoms with E-state index in [-0.39, 0.29) is 17.8 Å². The molecule has 4 N–H and O–H groups in total. The van der Waals surface area contributed by atoms with Gasteiger partial charge in [-0.05, 0) is 23.1 Å². The van der Waals surface area contributed by atoms with Crippen molar-refractivity contribution in [1.82, 2.24) is 0 Å². The van der Waals surface area contributed by atoms with Gasteiger partial charge in [-0.1, -0.05) is 20.8 Å². The van der Waals surface area contributed by atoms with Crippen LogP contribution in [0.1, 0.15) is 37.9 Å². The Balaban J connectivity index is 3.39. The van der Waals surface area contributed by atoms with Crippen molar-refractivity contribution in [3.8, 4) is 11.5 Å². The van der Waals surface area contributed by atoms with Crippen molar-refractivity contribution in [3.05, 3.63) is 23.3 Å². The SMILES string of the molecule is COc1cc(C(C)(C)C)cc([C@H](N)CO)c1O. The van der Waals surface area contributed by atoms with E-state index in [0.29, 0.717) is 11.3 Å². The fourth-order valence-electron chi connectivity index (χ4n) is 1.60. The monoisotopic (exact) mass is 239 g/mol. The summed E-state index contributed by atoms with van der Waals surface area (Å²) in [6, 6.07) is 3.01. The quantitative estimate of drug-likeness (QED) is 0.750. The van der Waals surface area contributed by atoms with E-state index in [2.05, 4.69) is 20.8 Å². The highest BCUT2D eigenvalue weighted by atomic mass is 16.5. The number of aliphatic hydroxyl groups is 1. The fourth-order valence-corrected chi connectivity index (χ4v) is 1.60. The first-order valence-electron chi connectivity index (χ1n) is 5.59. The van der Waals surface area contributed by atoms with Crippen LogP contribution in [0.4, 0.5) is 0 Å². The molecule has 0 heterocycles. The van der Waals surface area contributed by atoms with Crippen LogP contribution in [0.15, 0.2) is 12.1 Å². The smallest absolute Gasteiger partial charge is 0.162 e. The maximum atomic E-state index is 9.96. The molecular weight excluding hydrogens is 218 g/mol. The van der Waals surface area contributed by atoms with Crippen molar-refractivity contribution in [3.63, 3.8) is 0 Å². The van der Waals surface area contributed by atoms with E-state index in [4.69, 9.17) is 15.6 Å². The van der Waals surface area contributed by atoms with Crippen LogP contribution in [-0.4, -0.2) is 23.9 Å². The van der Waals surface area contributed by atoms with Gasteiger partial charge in [0.25, 0.3) is 0 Å². The van der Waals surface area contributed by atoms with E-state index in [0.717, 1.165) is 5.56 Å².